The van der Waals surface area contributed by atoms with Crippen molar-refractivity contribution in [3.8, 4) is 5.69 Å². The second-order valence-corrected chi connectivity index (χ2v) is 6.40. The Morgan fingerprint density at radius 1 is 0.957 bits per heavy atom. The number of rotatable bonds is 5. The van der Waals surface area contributed by atoms with E-state index in [1.54, 1.807) is 6.07 Å². The Balaban J connectivity index is 1.70. The molecular formula is C19H18Cl2N2. The van der Waals surface area contributed by atoms with Gasteiger partial charge < -0.3 is 9.88 Å². The van der Waals surface area contributed by atoms with E-state index in [-0.39, 0.29) is 0 Å². The van der Waals surface area contributed by atoms with Crippen LogP contribution in [0.5, 0.6) is 0 Å². The maximum atomic E-state index is 6.31. The number of aromatic nitrogens is 1. The lowest BCUT2D eigenvalue weighted by Gasteiger charge is -2.12. The zero-order valence-electron chi connectivity index (χ0n) is 12.9. The van der Waals surface area contributed by atoms with Gasteiger partial charge in [-0.2, -0.15) is 0 Å². The lowest BCUT2D eigenvalue weighted by Crippen LogP contribution is -2.15. The van der Waals surface area contributed by atoms with Gasteiger partial charge in [-0.1, -0.05) is 53.0 Å². The minimum atomic E-state index is 0.643. The quantitative estimate of drug-likeness (QED) is 0.657. The lowest BCUT2D eigenvalue weighted by atomic mass is 10.1. The van der Waals surface area contributed by atoms with Crippen molar-refractivity contribution in [2.45, 2.75) is 20.0 Å². The topological polar surface area (TPSA) is 17.0 Å². The average molecular weight is 345 g/mol. The monoisotopic (exact) mass is 344 g/mol. The molecule has 0 bridgehead atoms. The molecule has 0 amide bonds. The summed E-state index contributed by atoms with van der Waals surface area (Å²) in [6.07, 6.45) is 2.01. The number of hydrogen-bond acceptors (Lipinski definition) is 1. The average Bonchev–Trinajstić information content (AvgIpc) is 2.97. The zero-order valence-corrected chi connectivity index (χ0v) is 14.4. The summed E-state index contributed by atoms with van der Waals surface area (Å²) < 4.78 is 2.08. The number of nitrogens with one attached hydrogen (secondary N) is 1. The van der Waals surface area contributed by atoms with Crippen molar-refractivity contribution in [3.05, 3.63) is 87.7 Å². The van der Waals surface area contributed by atoms with Crippen LogP contribution in [0.4, 0.5) is 0 Å². The molecule has 3 rings (SSSR count). The van der Waals surface area contributed by atoms with Gasteiger partial charge in [-0.15, -0.1) is 0 Å². The molecule has 0 unspecified atom stereocenters. The Morgan fingerprint density at radius 3 is 2.48 bits per heavy atom. The van der Waals surface area contributed by atoms with Crippen LogP contribution >= 0.6 is 23.2 Å². The highest BCUT2D eigenvalue weighted by Gasteiger charge is 2.07. The van der Waals surface area contributed by atoms with Crippen molar-refractivity contribution in [1.29, 1.82) is 0 Å². The molecule has 0 aliphatic carbocycles. The van der Waals surface area contributed by atoms with Crippen LogP contribution in [0.2, 0.25) is 10.0 Å². The zero-order chi connectivity index (χ0) is 16.2. The van der Waals surface area contributed by atoms with Crippen molar-refractivity contribution >= 4 is 23.2 Å². The first-order valence-corrected chi connectivity index (χ1v) is 8.27. The van der Waals surface area contributed by atoms with E-state index >= 15 is 0 Å². The van der Waals surface area contributed by atoms with E-state index in [0.717, 1.165) is 24.5 Å². The van der Waals surface area contributed by atoms with Gasteiger partial charge in [0.1, 0.15) is 0 Å². The molecule has 3 aromatic rings. The van der Waals surface area contributed by atoms with Gasteiger partial charge in [0, 0.05) is 30.0 Å². The van der Waals surface area contributed by atoms with E-state index in [1.807, 2.05) is 24.4 Å². The molecule has 23 heavy (non-hydrogen) atoms. The highest BCUT2D eigenvalue weighted by Crippen LogP contribution is 2.25. The van der Waals surface area contributed by atoms with Crippen LogP contribution in [-0.2, 0) is 13.1 Å². The van der Waals surface area contributed by atoms with Crippen molar-refractivity contribution < 1.29 is 0 Å². The number of aryl methyl sites for hydroxylation is 1. The molecule has 118 valence electrons. The van der Waals surface area contributed by atoms with Crippen LogP contribution in [0, 0.1) is 6.92 Å². The minimum Gasteiger partial charge on any atom is -0.318 e. The first kappa shape index (κ1) is 16.1. The molecule has 1 aromatic heterocycles. The maximum absolute atomic E-state index is 6.31. The van der Waals surface area contributed by atoms with E-state index < -0.39 is 0 Å². The number of halogens is 2. The Kier molecular flexibility index (Phi) is 5.06. The molecule has 0 saturated heterocycles. The summed E-state index contributed by atoms with van der Waals surface area (Å²) in [5.74, 6) is 0. The molecule has 0 aliphatic rings. The van der Waals surface area contributed by atoms with Gasteiger partial charge in [0.05, 0.1) is 10.7 Å². The van der Waals surface area contributed by atoms with Gasteiger partial charge in [-0.05, 0) is 42.8 Å². The third-order valence-corrected chi connectivity index (χ3v) is 4.30. The fourth-order valence-electron chi connectivity index (χ4n) is 2.51. The summed E-state index contributed by atoms with van der Waals surface area (Å²) in [5, 5.41) is 4.76. The summed E-state index contributed by atoms with van der Waals surface area (Å²) >= 11 is 12.3. The summed E-state index contributed by atoms with van der Waals surface area (Å²) in [7, 11) is 0. The number of benzene rings is 2. The van der Waals surface area contributed by atoms with Crippen molar-refractivity contribution in [1.82, 2.24) is 9.88 Å². The summed E-state index contributed by atoms with van der Waals surface area (Å²) in [6.45, 7) is 3.69. The molecule has 0 atom stereocenters. The Bertz CT molecular complexity index is 791. The van der Waals surface area contributed by atoms with E-state index in [2.05, 4.69) is 47.1 Å². The van der Waals surface area contributed by atoms with Crippen LogP contribution in [0.1, 0.15) is 16.8 Å². The highest BCUT2D eigenvalue weighted by molar-refractivity contribution is 6.35. The van der Waals surface area contributed by atoms with Crippen molar-refractivity contribution in [2.75, 3.05) is 0 Å². The molecule has 4 heteroatoms. The largest absolute Gasteiger partial charge is 0.318 e. The third kappa shape index (κ3) is 3.97. The number of hydrogen-bond donors (Lipinski definition) is 1. The van der Waals surface area contributed by atoms with Crippen LogP contribution in [0.25, 0.3) is 5.69 Å². The first-order valence-electron chi connectivity index (χ1n) is 7.51. The molecule has 0 spiro atoms. The second kappa shape index (κ2) is 7.22. The SMILES string of the molecule is Cc1ccc(CNCc2cccn2-c2ccc(Cl)cc2Cl)cc1. The first-order chi connectivity index (χ1) is 11.1. The van der Waals surface area contributed by atoms with Gasteiger partial charge in [-0.25, -0.2) is 0 Å². The predicted molar refractivity (Wildman–Crippen MR) is 97.5 cm³/mol. The summed E-state index contributed by atoms with van der Waals surface area (Å²) in [5.41, 5.74) is 4.65. The Labute approximate surface area is 146 Å². The van der Waals surface area contributed by atoms with Gasteiger partial charge in [0.2, 0.25) is 0 Å². The van der Waals surface area contributed by atoms with Crippen molar-refractivity contribution in [3.63, 3.8) is 0 Å². The molecule has 0 saturated carbocycles. The van der Waals surface area contributed by atoms with Crippen LogP contribution in [-0.4, -0.2) is 4.57 Å². The van der Waals surface area contributed by atoms with Gasteiger partial charge in [0.25, 0.3) is 0 Å². The van der Waals surface area contributed by atoms with Gasteiger partial charge in [-0.3, -0.25) is 0 Å². The number of nitrogens with zero attached hydrogens (tertiary/aromatic N) is 1. The van der Waals surface area contributed by atoms with Gasteiger partial charge >= 0.3 is 0 Å². The molecule has 0 radical (unpaired) electrons. The standard InChI is InChI=1S/C19H18Cl2N2/c1-14-4-6-15(7-5-14)12-22-13-17-3-2-10-23(17)19-9-8-16(20)11-18(19)21/h2-11,22H,12-13H2,1H3. The predicted octanol–water partition coefficient (Wildman–Crippen LogP) is 5.38. The fourth-order valence-corrected chi connectivity index (χ4v) is 3.01. The van der Waals surface area contributed by atoms with Crippen LogP contribution < -0.4 is 5.32 Å². The molecule has 2 aromatic carbocycles. The van der Waals surface area contributed by atoms with Crippen LogP contribution in [0.15, 0.2) is 60.8 Å². The third-order valence-electron chi connectivity index (χ3n) is 3.76. The molecule has 1 N–H and O–H groups in total. The molecule has 2 nitrogen and oxygen atoms in total. The van der Waals surface area contributed by atoms with E-state index in [9.17, 15) is 0 Å². The summed E-state index contributed by atoms with van der Waals surface area (Å²) in [4.78, 5) is 0. The Morgan fingerprint density at radius 2 is 1.74 bits per heavy atom. The minimum absolute atomic E-state index is 0.643. The van der Waals surface area contributed by atoms with E-state index in [0.29, 0.717) is 10.0 Å². The molecular weight excluding hydrogens is 327 g/mol. The van der Waals surface area contributed by atoms with Crippen molar-refractivity contribution in [2.24, 2.45) is 0 Å². The smallest absolute Gasteiger partial charge is 0.0661 e. The van der Waals surface area contributed by atoms with E-state index in [4.69, 9.17) is 23.2 Å². The lowest BCUT2D eigenvalue weighted by molar-refractivity contribution is 0.669. The van der Waals surface area contributed by atoms with E-state index in [1.165, 1.54) is 11.1 Å². The molecule has 0 aliphatic heterocycles. The van der Waals surface area contributed by atoms with Gasteiger partial charge in [0.15, 0.2) is 0 Å². The maximum Gasteiger partial charge on any atom is 0.0661 e. The van der Waals surface area contributed by atoms with Crippen LogP contribution in [0.3, 0.4) is 0 Å². The second-order valence-electron chi connectivity index (χ2n) is 5.55. The normalized spacial score (nSPS) is 10.9. The molecule has 1 heterocycles. The summed E-state index contributed by atoms with van der Waals surface area (Å²) in [6, 6.07) is 18.2. The fraction of sp³-hybridized carbons (Fsp3) is 0.158. The highest BCUT2D eigenvalue weighted by atomic mass is 35.5. The Hall–Kier alpha value is -1.74. The molecule has 0 fully saturated rings.